The zero-order valence-electron chi connectivity index (χ0n) is 9.46. The normalized spacial score (nSPS) is 27.4. The highest BCUT2D eigenvalue weighted by Gasteiger charge is 2.58. The van der Waals surface area contributed by atoms with Crippen LogP contribution >= 0.6 is 0 Å². The summed E-state index contributed by atoms with van der Waals surface area (Å²) in [5.41, 5.74) is 1.89. The second kappa shape index (κ2) is 3.00. The van der Waals surface area contributed by atoms with Crippen molar-refractivity contribution in [1.82, 2.24) is 0 Å². The number of fused-ring (bicyclic) bond motifs is 5. The third-order valence-electron chi connectivity index (χ3n) is 3.73. The van der Waals surface area contributed by atoms with Gasteiger partial charge in [-0.2, -0.15) is 0 Å². The van der Waals surface area contributed by atoms with E-state index in [1.807, 2.05) is 18.2 Å². The van der Waals surface area contributed by atoms with Crippen LogP contribution in [-0.2, 0) is 5.79 Å². The molecule has 0 fully saturated rings. The molecule has 3 nitrogen and oxygen atoms in total. The Morgan fingerprint density at radius 2 is 1.78 bits per heavy atom. The predicted molar refractivity (Wildman–Crippen MR) is 64.5 cm³/mol. The highest BCUT2D eigenvalue weighted by atomic mass is 16.6. The molecule has 1 aliphatic heterocycles. The number of ether oxygens (including phenoxy) is 1. The van der Waals surface area contributed by atoms with E-state index in [-0.39, 0.29) is 5.78 Å². The Bertz CT molecular complexity index is 677. The molecule has 1 aliphatic carbocycles. The summed E-state index contributed by atoms with van der Waals surface area (Å²) in [5, 5.41) is 10.7. The molecular weight excluding hydrogens is 228 g/mol. The number of benzene rings is 2. The number of carbonyl (C=O) groups excluding carboxylic acids is 1. The van der Waals surface area contributed by atoms with E-state index in [1.165, 1.54) is 0 Å². The third-order valence-corrected chi connectivity index (χ3v) is 3.73. The van der Waals surface area contributed by atoms with Gasteiger partial charge in [0.2, 0.25) is 5.79 Å². The largest absolute Gasteiger partial charge is 0.457 e. The van der Waals surface area contributed by atoms with Gasteiger partial charge in [0.05, 0.1) is 0 Å². The smallest absolute Gasteiger partial charge is 0.250 e. The van der Waals surface area contributed by atoms with Crippen molar-refractivity contribution in [2.45, 2.75) is 11.7 Å². The number of para-hydroxylation sites is 1. The molecule has 2 aromatic carbocycles. The van der Waals surface area contributed by atoms with Crippen LogP contribution in [0.5, 0.6) is 5.75 Å². The van der Waals surface area contributed by atoms with Crippen LogP contribution in [0.4, 0.5) is 0 Å². The molecule has 1 heterocycles. The summed E-state index contributed by atoms with van der Waals surface area (Å²) in [6, 6.07) is 14.4. The number of rotatable bonds is 0. The lowest BCUT2D eigenvalue weighted by Crippen LogP contribution is -2.32. The van der Waals surface area contributed by atoms with E-state index in [0.29, 0.717) is 16.9 Å². The maximum Gasteiger partial charge on any atom is 0.250 e. The van der Waals surface area contributed by atoms with Gasteiger partial charge >= 0.3 is 0 Å². The fourth-order valence-electron chi connectivity index (χ4n) is 2.94. The lowest BCUT2D eigenvalue weighted by Gasteiger charge is -2.22. The Morgan fingerprint density at radius 1 is 1.06 bits per heavy atom. The molecule has 0 spiro atoms. The summed E-state index contributed by atoms with van der Waals surface area (Å²) in [7, 11) is 0. The van der Waals surface area contributed by atoms with Crippen molar-refractivity contribution in [3.05, 3.63) is 65.2 Å². The quantitative estimate of drug-likeness (QED) is 0.765. The van der Waals surface area contributed by atoms with Gasteiger partial charge in [0.15, 0.2) is 5.78 Å². The first-order valence-corrected chi connectivity index (χ1v) is 5.86. The summed E-state index contributed by atoms with van der Waals surface area (Å²) >= 11 is 0. The molecule has 0 bridgehead atoms. The van der Waals surface area contributed by atoms with E-state index >= 15 is 0 Å². The van der Waals surface area contributed by atoms with Crippen molar-refractivity contribution in [1.29, 1.82) is 0 Å². The number of carbonyl (C=O) groups is 1. The zero-order chi connectivity index (χ0) is 12.3. The Kier molecular flexibility index (Phi) is 1.64. The van der Waals surface area contributed by atoms with Gasteiger partial charge in [0.25, 0.3) is 0 Å². The van der Waals surface area contributed by atoms with Crippen LogP contribution in [0.15, 0.2) is 48.5 Å². The molecule has 0 saturated carbocycles. The molecule has 2 atom stereocenters. The van der Waals surface area contributed by atoms with Crippen LogP contribution < -0.4 is 4.74 Å². The van der Waals surface area contributed by atoms with Gasteiger partial charge in [-0.25, -0.2) is 0 Å². The minimum atomic E-state index is -1.53. The second-order valence-corrected chi connectivity index (χ2v) is 4.68. The molecule has 88 valence electrons. The molecule has 0 aromatic heterocycles. The monoisotopic (exact) mass is 238 g/mol. The van der Waals surface area contributed by atoms with Crippen molar-refractivity contribution < 1.29 is 14.6 Å². The number of hydrogen-bond donors (Lipinski definition) is 1. The van der Waals surface area contributed by atoms with Gasteiger partial charge in [-0.05, 0) is 6.07 Å². The first-order valence-electron chi connectivity index (χ1n) is 5.86. The molecule has 3 heteroatoms. The lowest BCUT2D eigenvalue weighted by molar-refractivity contribution is -0.134. The lowest BCUT2D eigenvalue weighted by atomic mass is 9.93. The summed E-state index contributed by atoms with van der Waals surface area (Å²) in [5.74, 6) is -1.64. The predicted octanol–water partition coefficient (Wildman–Crippen LogP) is 2.20. The number of hydrogen-bond acceptors (Lipinski definition) is 3. The minimum Gasteiger partial charge on any atom is -0.457 e. The van der Waals surface area contributed by atoms with Gasteiger partial charge < -0.3 is 9.84 Å². The Labute approximate surface area is 104 Å². The van der Waals surface area contributed by atoms with Crippen LogP contribution in [0, 0.1) is 0 Å². The molecule has 2 unspecified atom stereocenters. The van der Waals surface area contributed by atoms with E-state index in [4.69, 9.17) is 4.74 Å². The first kappa shape index (κ1) is 9.85. The van der Waals surface area contributed by atoms with E-state index in [1.54, 1.807) is 30.3 Å². The average Bonchev–Trinajstić information content (AvgIpc) is 2.81. The standard InChI is InChI=1S/C15H10O3/c16-14-9-5-1-3-7-11(9)15(17)13(14)10-6-2-4-8-12(10)18-15/h1-8,13,17H. The fraction of sp³-hybridized carbons (Fsp3) is 0.133. The van der Waals surface area contributed by atoms with Gasteiger partial charge in [0.1, 0.15) is 11.7 Å². The Hall–Kier alpha value is -2.13. The third kappa shape index (κ3) is 0.962. The van der Waals surface area contributed by atoms with E-state index < -0.39 is 11.7 Å². The molecule has 0 amide bonds. The van der Waals surface area contributed by atoms with Crippen molar-refractivity contribution >= 4 is 5.78 Å². The molecule has 0 saturated heterocycles. The van der Waals surface area contributed by atoms with Crippen LogP contribution in [0.3, 0.4) is 0 Å². The average molecular weight is 238 g/mol. The second-order valence-electron chi connectivity index (χ2n) is 4.68. The van der Waals surface area contributed by atoms with Crippen LogP contribution in [0.25, 0.3) is 0 Å². The molecular formula is C15H10O3. The van der Waals surface area contributed by atoms with Crippen molar-refractivity contribution in [3.63, 3.8) is 0 Å². The SMILES string of the molecule is O=C1c2ccccc2C2(O)Oc3ccccc3C12. The van der Waals surface area contributed by atoms with Crippen molar-refractivity contribution in [2.24, 2.45) is 0 Å². The molecule has 4 rings (SSSR count). The van der Waals surface area contributed by atoms with Crippen LogP contribution in [0.1, 0.15) is 27.4 Å². The Morgan fingerprint density at radius 3 is 2.67 bits per heavy atom. The number of aliphatic hydroxyl groups is 1. The van der Waals surface area contributed by atoms with Gasteiger partial charge in [-0.1, -0.05) is 42.5 Å². The van der Waals surface area contributed by atoms with Crippen molar-refractivity contribution in [3.8, 4) is 5.75 Å². The summed E-state index contributed by atoms with van der Waals surface area (Å²) in [6.45, 7) is 0. The maximum atomic E-state index is 12.4. The number of ketones is 1. The van der Waals surface area contributed by atoms with E-state index in [2.05, 4.69) is 0 Å². The fourth-order valence-corrected chi connectivity index (χ4v) is 2.94. The molecule has 0 radical (unpaired) electrons. The highest BCUT2D eigenvalue weighted by Crippen LogP contribution is 2.54. The zero-order valence-corrected chi connectivity index (χ0v) is 9.46. The summed E-state index contributed by atoms with van der Waals surface area (Å²) < 4.78 is 5.65. The van der Waals surface area contributed by atoms with Crippen molar-refractivity contribution in [2.75, 3.05) is 0 Å². The van der Waals surface area contributed by atoms with E-state index in [9.17, 15) is 9.90 Å². The van der Waals surface area contributed by atoms with E-state index in [0.717, 1.165) is 5.56 Å². The van der Waals surface area contributed by atoms with Gasteiger partial charge in [0, 0.05) is 16.7 Å². The Balaban J connectivity index is 2.01. The van der Waals surface area contributed by atoms with Crippen LogP contribution in [-0.4, -0.2) is 10.9 Å². The minimum absolute atomic E-state index is 0.0712. The number of Topliss-reactive ketones (excluding diaryl/α,β-unsaturated/α-hetero) is 1. The summed E-state index contributed by atoms with van der Waals surface area (Å²) in [4.78, 5) is 12.4. The molecule has 18 heavy (non-hydrogen) atoms. The maximum absolute atomic E-state index is 12.4. The molecule has 2 aliphatic rings. The van der Waals surface area contributed by atoms with Gasteiger partial charge in [-0.15, -0.1) is 0 Å². The highest BCUT2D eigenvalue weighted by molar-refractivity contribution is 6.07. The molecule has 1 N–H and O–H groups in total. The van der Waals surface area contributed by atoms with Crippen LogP contribution in [0.2, 0.25) is 0 Å². The topological polar surface area (TPSA) is 46.5 Å². The first-order chi connectivity index (χ1) is 8.72. The molecule has 2 aromatic rings. The van der Waals surface area contributed by atoms with Gasteiger partial charge in [-0.3, -0.25) is 4.79 Å². The summed E-state index contributed by atoms with van der Waals surface area (Å²) in [6.07, 6.45) is 0.